The van der Waals surface area contributed by atoms with Gasteiger partial charge in [0.1, 0.15) is 23.0 Å². The Hall–Kier alpha value is -3.18. The van der Waals surface area contributed by atoms with E-state index in [1.165, 1.54) is 9.75 Å². The Bertz CT molecular complexity index is 1030. The number of hydrogen-bond donors (Lipinski definition) is 0. The van der Waals surface area contributed by atoms with Gasteiger partial charge in [-0.2, -0.15) is 0 Å². The van der Waals surface area contributed by atoms with Gasteiger partial charge in [0.2, 0.25) is 0 Å². The lowest BCUT2D eigenvalue weighted by Crippen LogP contribution is -2.27. The zero-order valence-corrected chi connectivity index (χ0v) is 17.3. The highest BCUT2D eigenvalue weighted by atomic mass is 32.1. The minimum Gasteiger partial charge on any atom is -0.458 e. The van der Waals surface area contributed by atoms with E-state index in [0.717, 1.165) is 47.5 Å². The molecule has 5 rings (SSSR count). The Morgan fingerprint density at radius 1 is 0.690 bits per heavy atom. The molecule has 0 bridgehead atoms. The Morgan fingerprint density at radius 3 is 1.62 bits per heavy atom. The molecule has 0 fully saturated rings. The maximum absolute atomic E-state index is 6.10. The van der Waals surface area contributed by atoms with Crippen LogP contribution < -0.4 is 19.3 Å². The molecule has 4 nitrogen and oxygen atoms in total. The predicted molar refractivity (Wildman–Crippen MR) is 121 cm³/mol. The fourth-order valence-corrected chi connectivity index (χ4v) is 4.62. The lowest BCUT2D eigenvalue weighted by atomic mass is 10.2. The van der Waals surface area contributed by atoms with Crippen LogP contribution in [0.3, 0.4) is 0 Å². The summed E-state index contributed by atoms with van der Waals surface area (Å²) >= 11 is 1.74. The number of rotatable bonds is 2. The van der Waals surface area contributed by atoms with E-state index in [1.54, 1.807) is 11.3 Å². The van der Waals surface area contributed by atoms with Gasteiger partial charge in [0, 0.05) is 23.8 Å². The summed E-state index contributed by atoms with van der Waals surface area (Å²) in [5, 5.41) is 0. The number of hydrogen-bond acceptors (Lipinski definition) is 5. The molecule has 1 aromatic heterocycles. The Morgan fingerprint density at radius 2 is 1.14 bits per heavy atom. The normalized spacial score (nSPS) is 18.3. The molecule has 0 unspecified atom stereocenters. The second-order valence-electron chi connectivity index (χ2n) is 7.31. The third-order valence-corrected chi connectivity index (χ3v) is 6.05. The van der Waals surface area contributed by atoms with Crippen LogP contribution in [-0.4, -0.2) is 27.2 Å². The third kappa shape index (κ3) is 3.61. The fourth-order valence-electron chi connectivity index (χ4n) is 3.69. The average Bonchev–Trinajstić information content (AvgIpc) is 3.15. The molecule has 2 aliphatic heterocycles. The van der Waals surface area contributed by atoms with Gasteiger partial charge in [0.25, 0.3) is 0 Å². The SMILES string of the molecule is CN1C/C(=C/c2ccc(/C=C3/CN(C)c4ccccc4O3)s2)Oc2ccccc21. The lowest BCUT2D eigenvalue weighted by Gasteiger charge is -2.29. The molecule has 2 aliphatic rings. The average molecular weight is 403 g/mol. The van der Waals surface area contributed by atoms with Crippen molar-refractivity contribution in [2.24, 2.45) is 0 Å². The van der Waals surface area contributed by atoms with Gasteiger partial charge in [-0.3, -0.25) is 0 Å². The number of thiophene rings is 1. The molecule has 0 aliphatic carbocycles. The van der Waals surface area contributed by atoms with Gasteiger partial charge < -0.3 is 19.3 Å². The van der Waals surface area contributed by atoms with E-state index in [1.807, 2.05) is 36.4 Å². The summed E-state index contributed by atoms with van der Waals surface area (Å²) in [5.41, 5.74) is 2.25. The number of benzene rings is 2. The zero-order valence-electron chi connectivity index (χ0n) is 16.5. The van der Waals surface area contributed by atoms with E-state index >= 15 is 0 Å². The van der Waals surface area contributed by atoms with Gasteiger partial charge in [0.05, 0.1) is 24.5 Å². The molecule has 3 aromatic rings. The van der Waals surface area contributed by atoms with Crippen LogP contribution in [0.2, 0.25) is 0 Å². The highest BCUT2D eigenvalue weighted by Crippen LogP contribution is 2.36. The van der Waals surface area contributed by atoms with Crippen LogP contribution in [-0.2, 0) is 0 Å². The molecule has 146 valence electrons. The van der Waals surface area contributed by atoms with E-state index in [9.17, 15) is 0 Å². The van der Waals surface area contributed by atoms with Gasteiger partial charge in [-0.05, 0) is 48.6 Å². The van der Waals surface area contributed by atoms with Crippen LogP contribution in [0.4, 0.5) is 11.4 Å². The van der Waals surface area contributed by atoms with E-state index in [2.05, 4.69) is 60.3 Å². The summed E-state index contributed by atoms with van der Waals surface area (Å²) in [5.74, 6) is 3.72. The largest absolute Gasteiger partial charge is 0.458 e. The molecule has 29 heavy (non-hydrogen) atoms. The summed E-state index contributed by atoms with van der Waals surface area (Å²) in [7, 11) is 4.18. The standard InChI is InChI=1S/C24H22N2O2S/c1-25-15-17(27-23-9-5-3-7-21(23)25)13-19-11-12-20(29-19)14-18-16-26(2)22-8-4-6-10-24(22)28-18/h3-14H,15-16H2,1-2H3/b17-13-,18-14-. The zero-order chi connectivity index (χ0) is 19.8. The van der Waals surface area contributed by atoms with Gasteiger partial charge in [-0.1, -0.05) is 24.3 Å². The number of anilines is 2. The van der Waals surface area contributed by atoms with E-state index < -0.39 is 0 Å². The van der Waals surface area contributed by atoms with Crippen molar-refractivity contribution >= 4 is 34.9 Å². The van der Waals surface area contributed by atoms with Crippen LogP contribution in [0.5, 0.6) is 11.5 Å². The van der Waals surface area contributed by atoms with Gasteiger partial charge in [-0.15, -0.1) is 11.3 Å². The first-order valence-electron chi connectivity index (χ1n) is 9.63. The van der Waals surface area contributed by atoms with Gasteiger partial charge in [-0.25, -0.2) is 0 Å². The van der Waals surface area contributed by atoms with E-state index in [-0.39, 0.29) is 0 Å². The second kappa shape index (κ2) is 7.33. The minimum atomic E-state index is 0.760. The summed E-state index contributed by atoms with van der Waals surface area (Å²) in [4.78, 5) is 6.77. The smallest absolute Gasteiger partial charge is 0.150 e. The Kier molecular flexibility index (Phi) is 4.52. The molecule has 3 heterocycles. The molecular weight excluding hydrogens is 380 g/mol. The third-order valence-electron chi connectivity index (χ3n) is 5.08. The molecule has 0 radical (unpaired) electrons. The molecule has 5 heteroatoms. The van der Waals surface area contributed by atoms with Crippen LogP contribution in [0, 0.1) is 0 Å². The summed E-state index contributed by atoms with van der Waals surface area (Å²) in [6.45, 7) is 1.52. The maximum Gasteiger partial charge on any atom is 0.150 e. The number of fused-ring (bicyclic) bond motifs is 2. The fraction of sp³-hybridized carbons (Fsp3) is 0.167. The summed E-state index contributed by atoms with van der Waals surface area (Å²) in [6.07, 6.45) is 4.25. The molecule has 0 spiro atoms. The monoisotopic (exact) mass is 402 g/mol. The number of nitrogens with zero attached hydrogens (tertiary/aromatic N) is 2. The van der Waals surface area contributed by atoms with Crippen LogP contribution in [0.15, 0.2) is 72.2 Å². The van der Waals surface area contributed by atoms with E-state index in [4.69, 9.17) is 9.47 Å². The topological polar surface area (TPSA) is 24.9 Å². The molecule has 0 amide bonds. The van der Waals surface area contributed by atoms with Gasteiger partial charge in [0.15, 0.2) is 0 Å². The van der Waals surface area contributed by atoms with Crippen LogP contribution in [0.25, 0.3) is 12.2 Å². The highest BCUT2D eigenvalue weighted by Gasteiger charge is 2.19. The number of ether oxygens (including phenoxy) is 2. The lowest BCUT2D eigenvalue weighted by molar-refractivity contribution is 0.404. The number of likely N-dealkylation sites (N-methyl/N-ethyl adjacent to an activating group) is 2. The first-order valence-corrected chi connectivity index (χ1v) is 10.4. The first kappa shape index (κ1) is 17.9. The highest BCUT2D eigenvalue weighted by molar-refractivity contribution is 7.13. The predicted octanol–water partition coefficient (Wildman–Crippen LogP) is 5.49. The van der Waals surface area contributed by atoms with Crippen LogP contribution in [0.1, 0.15) is 9.75 Å². The molecule has 0 atom stereocenters. The van der Waals surface area contributed by atoms with Crippen molar-refractivity contribution < 1.29 is 9.47 Å². The minimum absolute atomic E-state index is 0.760. The molecule has 2 aromatic carbocycles. The molecule has 0 N–H and O–H groups in total. The maximum atomic E-state index is 6.10. The van der Waals surface area contributed by atoms with Crippen molar-refractivity contribution in [2.75, 3.05) is 37.0 Å². The quantitative estimate of drug-likeness (QED) is 0.566. The molecule has 0 saturated heterocycles. The van der Waals surface area contributed by atoms with Crippen molar-refractivity contribution in [3.05, 3.63) is 81.9 Å². The second-order valence-corrected chi connectivity index (χ2v) is 8.46. The van der Waals surface area contributed by atoms with Crippen molar-refractivity contribution in [3.63, 3.8) is 0 Å². The Balaban J connectivity index is 1.36. The number of para-hydroxylation sites is 4. The van der Waals surface area contributed by atoms with Crippen molar-refractivity contribution in [1.29, 1.82) is 0 Å². The summed E-state index contributed by atoms with van der Waals surface area (Å²) < 4.78 is 12.2. The van der Waals surface area contributed by atoms with Crippen LogP contribution >= 0.6 is 11.3 Å². The van der Waals surface area contributed by atoms with Crippen molar-refractivity contribution in [2.45, 2.75) is 0 Å². The summed E-state index contributed by atoms with van der Waals surface area (Å²) in [6, 6.07) is 20.5. The first-order chi connectivity index (χ1) is 14.2. The molecule has 0 saturated carbocycles. The molecular formula is C24H22N2O2S. The van der Waals surface area contributed by atoms with Crippen molar-refractivity contribution in [1.82, 2.24) is 0 Å². The van der Waals surface area contributed by atoms with E-state index in [0.29, 0.717) is 0 Å². The Labute approximate surface area is 174 Å². The van der Waals surface area contributed by atoms with Gasteiger partial charge >= 0.3 is 0 Å². The van der Waals surface area contributed by atoms with Crippen molar-refractivity contribution in [3.8, 4) is 11.5 Å².